The number of aryl methyl sites for hydroxylation is 3. The maximum absolute atomic E-state index is 10.8. The van der Waals surface area contributed by atoms with Crippen molar-refractivity contribution in [3.63, 3.8) is 0 Å². The van der Waals surface area contributed by atoms with Gasteiger partial charge in [-0.2, -0.15) is 5.10 Å². The van der Waals surface area contributed by atoms with Gasteiger partial charge in [0, 0.05) is 5.56 Å². The first kappa shape index (κ1) is 12.2. The number of urea groups is 1. The summed E-state index contributed by atoms with van der Waals surface area (Å²) in [6.07, 6.45) is 1.61. The molecule has 1 rings (SSSR count). The van der Waals surface area contributed by atoms with Crippen molar-refractivity contribution >= 4 is 12.2 Å². The van der Waals surface area contributed by atoms with Crippen LogP contribution in [0.5, 0.6) is 0 Å². The summed E-state index contributed by atoms with van der Waals surface area (Å²) in [7, 11) is 0. The summed E-state index contributed by atoms with van der Waals surface area (Å²) < 4.78 is 0. The van der Waals surface area contributed by atoms with Crippen molar-refractivity contribution in [1.29, 1.82) is 0 Å². The number of amides is 2. The molecule has 2 amide bonds. The Morgan fingerprint density at radius 3 is 2.38 bits per heavy atom. The fraction of sp³-hybridized carbons (Fsp3) is 0.273. The van der Waals surface area contributed by atoms with E-state index in [0.29, 0.717) is 0 Å². The molecule has 0 spiro atoms. The molecule has 0 aliphatic heterocycles. The Balaban J connectivity index is 2.85. The zero-order valence-corrected chi connectivity index (χ0v) is 9.66. The predicted octanol–water partition coefficient (Wildman–Crippen LogP) is 1.12. The molecule has 0 atom stereocenters. The van der Waals surface area contributed by atoms with Gasteiger partial charge in [0.05, 0.1) is 6.21 Å². The van der Waals surface area contributed by atoms with Gasteiger partial charge in [-0.25, -0.2) is 16.1 Å². The van der Waals surface area contributed by atoms with Crippen LogP contribution >= 0.6 is 0 Å². The largest absolute Gasteiger partial charge is 0.349 e. The monoisotopic (exact) mass is 220 g/mol. The van der Waals surface area contributed by atoms with Gasteiger partial charge < -0.3 is 0 Å². The molecular weight excluding hydrogens is 204 g/mol. The molecule has 0 aliphatic carbocycles. The van der Waals surface area contributed by atoms with E-state index in [9.17, 15) is 4.79 Å². The summed E-state index contributed by atoms with van der Waals surface area (Å²) in [6.45, 7) is 6.05. The van der Waals surface area contributed by atoms with Crippen LogP contribution in [0.4, 0.5) is 4.79 Å². The van der Waals surface area contributed by atoms with E-state index < -0.39 is 6.03 Å². The lowest BCUT2D eigenvalue weighted by Gasteiger charge is -2.06. The van der Waals surface area contributed by atoms with Crippen molar-refractivity contribution < 1.29 is 4.79 Å². The Morgan fingerprint density at radius 1 is 1.31 bits per heavy atom. The Labute approximate surface area is 94.7 Å². The molecule has 86 valence electrons. The van der Waals surface area contributed by atoms with Crippen molar-refractivity contribution in [2.24, 2.45) is 10.9 Å². The summed E-state index contributed by atoms with van der Waals surface area (Å²) in [5.74, 6) is 4.90. The zero-order chi connectivity index (χ0) is 12.1. The van der Waals surface area contributed by atoms with Crippen molar-refractivity contribution in [2.75, 3.05) is 0 Å². The number of hydrazine groups is 1. The molecule has 1 aromatic rings. The van der Waals surface area contributed by atoms with Gasteiger partial charge in [-0.3, -0.25) is 5.43 Å². The lowest BCUT2D eigenvalue weighted by molar-refractivity contribution is 0.241. The predicted molar refractivity (Wildman–Crippen MR) is 64.1 cm³/mol. The number of carbonyl (C=O) groups excluding carboxylic acids is 1. The van der Waals surface area contributed by atoms with Crippen LogP contribution in [0.25, 0.3) is 0 Å². The SMILES string of the molecule is Cc1cc(C)c(/C=N/NC(=O)NN)c(C)c1. The minimum absolute atomic E-state index is 0.543. The van der Waals surface area contributed by atoms with Gasteiger partial charge in [-0.1, -0.05) is 17.7 Å². The number of benzene rings is 1. The molecule has 0 heterocycles. The van der Waals surface area contributed by atoms with Crippen LogP contribution in [0.3, 0.4) is 0 Å². The van der Waals surface area contributed by atoms with E-state index >= 15 is 0 Å². The van der Waals surface area contributed by atoms with Crippen LogP contribution in [0.1, 0.15) is 22.3 Å². The summed E-state index contributed by atoms with van der Waals surface area (Å²) in [4.78, 5) is 10.8. The van der Waals surface area contributed by atoms with Gasteiger partial charge in [0.2, 0.25) is 0 Å². The van der Waals surface area contributed by atoms with Crippen LogP contribution in [0, 0.1) is 20.8 Å². The van der Waals surface area contributed by atoms with E-state index in [2.05, 4.69) is 22.7 Å². The Morgan fingerprint density at radius 2 is 1.88 bits per heavy atom. The molecular formula is C11H16N4O. The molecule has 0 fully saturated rings. The highest BCUT2D eigenvalue weighted by Crippen LogP contribution is 2.13. The average molecular weight is 220 g/mol. The van der Waals surface area contributed by atoms with Crippen molar-refractivity contribution in [1.82, 2.24) is 10.9 Å². The van der Waals surface area contributed by atoms with Crippen LogP contribution in [-0.4, -0.2) is 12.2 Å². The van der Waals surface area contributed by atoms with Gasteiger partial charge in [0.15, 0.2) is 0 Å². The number of nitrogens with zero attached hydrogens (tertiary/aromatic N) is 1. The molecule has 0 aromatic heterocycles. The molecule has 0 bridgehead atoms. The van der Waals surface area contributed by atoms with Crippen LogP contribution < -0.4 is 16.7 Å². The number of nitrogens with one attached hydrogen (secondary N) is 2. The summed E-state index contributed by atoms with van der Waals surface area (Å²) in [5, 5.41) is 3.80. The van der Waals surface area contributed by atoms with E-state index in [1.807, 2.05) is 26.2 Å². The van der Waals surface area contributed by atoms with Gasteiger partial charge in [0.1, 0.15) is 0 Å². The molecule has 16 heavy (non-hydrogen) atoms. The Hall–Kier alpha value is -1.88. The van der Waals surface area contributed by atoms with Crippen molar-refractivity contribution in [3.05, 3.63) is 34.4 Å². The normalized spacial score (nSPS) is 10.5. The molecule has 0 aliphatic rings. The second kappa shape index (κ2) is 5.27. The third-order valence-electron chi connectivity index (χ3n) is 2.23. The molecule has 5 nitrogen and oxygen atoms in total. The quantitative estimate of drug-likeness (QED) is 0.302. The van der Waals surface area contributed by atoms with E-state index in [4.69, 9.17) is 5.84 Å². The first-order chi connectivity index (χ1) is 7.54. The van der Waals surface area contributed by atoms with Crippen LogP contribution in [0.2, 0.25) is 0 Å². The summed E-state index contributed by atoms with van der Waals surface area (Å²) in [5.41, 5.74) is 8.62. The average Bonchev–Trinajstić information content (AvgIpc) is 2.21. The maximum atomic E-state index is 10.8. The fourth-order valence-corrected chi connectivity index (χ4v) is 1.58. The van der Waals surface area contributed by atoms with Crippen molar-refractivity contribution in [3.8, 4) is 0 Å². The Kier molecular flexibility index (Phi) is 4.02. The fourth-order valence-electron chi connectivity index (χ4n) is 1.58. The number of hydrogen-bond donors (Lipinski definition) is 3. The highest BCUT2D eigenvalue weighted by Gasteiger charge is 2.01. The Bertz CT molecular complexity index is 403. The molecule has 4 N–H and O–H groups in total. The maximum Gasteiger partial charge on any atom is 0.349 e. The van der Waals surface area contributed by atoms with Crippen molar-refractivity contribution in [2.45, 2.75) is 20.8 Å². The molecule has 1 aromatic carbocycles. The second-order valence-electron chi connectivity index (χ2n) is 3.66. The third-order valence-corrected chi connectivity index (χ3v) is 2.23. The topological polar surface area (TPSA) is 79.5 Å². The first-order valence-corrected chi connectivity index (χ1v) is 4.92. The van der Waals surface area contributed by atoms with Gasteiger partial charge >= 0.3 is 6.03 Å². The summed E-state index contributed by atoms with van der Waals surface area (Å²) >= 11 is 0. The van der Waals surface area contributed by atoms with Gasteiger partial charge in [0.25, 0.3) is 0 Å². The number of hydrogen-bond acceptors (Lipinski definition) is 3. The zero-order valence-electron chi connectivity index (χ0n) is 9.66. The molecule has 5 heteroatoms. The third kappa shape index (κ3) is 3.06. The number of hydrazone groups is 1. The number of rotatable bonds is 2. The number of nitrogens with two attached hydrogens (primary N) is 1. The minimum Gasteiger partial charge on any atom is -0.274 e. The highest BCUT2D eigenvalue weighted by atomic mass is 16.2. The lowest BCUT2D eigenvalue weighted by atomic mass is 10.0. The van der Waals surface area contributed by atoms with E-state index in [0.717, 1.165) is 16.7 Å². The van der Waals surface area contributed by atoms with Crippen LogP contribution in [0.15, 0.2) is 17.2 Å². The first-order valence-electron chi connectivity index (χ1n) is 4.92. The standard InChI is InChI=1S/C11H16N4O/c1-7-4-8(2)10(9(3)5-7)6-13-15-11(16)14-12/h4-6H,12H2,1-3H3,(H2,14,15,16)/b13-6+. The highest BCUT2D eigenvalue weighted by molar-refractivity contribution is 5.85. The van der Waals surface area contributed by atoms with E-state index in [1.165, 1.54) is 5.56 Å². The minimum atomic E-state index is -0.543. The van der Waals surface area contributed by atoms with Gasteiger partial charge in [-0.05, 0) is 31.9 Å². The molecule has 0 saturated carbocycles. The number of carbonyl (C=O) groups is 1. The second-order valence-corrected chi connectivity index (χ2v) is 3.66. The van der Waals surface area contributed by atoms with E-state index in [-0.39, 0.29) is 0 Å². The lowest BCUT2D eigenvalue weighted by Crippen LogP contribution is -2.37. The molecule has 0 unspecified atom stereocenters. The smallest absolute Gasteiger partial charge is 0.274 e. The molecule has 0 radical (unpaired) electrons. The van der Waals surface area contributed by atoms with Gasteiger partial charge in [-0.15, -0.1) is 0 Å². The molecule has 0 saturated heterocycles. The van der Waals surface area contributed by atoms with E-state index in [1.54, 1.807) is 6.21 Å². The van der Waals surface area contributed by atoms with Crippen LogP contribution in [-0.2, 0) is 0 Å². The summed E-state index contributed by atoms with van der Waals surface area (Å²) in [6, 6.07) is 3.59.